The number of aromatic nitrogens is 3. The molecule has 0 unspecified atom stereocenters. The fraction of sp³-hybridized carbons (Fsp3) is 0.400. The van der Waals surface area contributed by atoms with Crippen LogP contribution in [0.1, 0.15) is 27.9 Å². The number of imidazole rings is 1. The second-order valence-corrected chi connectivity index (χ2v) is 5.41. The highest BCUT2D eigenvalue weighted by molar-refractivity contribution is 5.94. The van der Waals surface area contributed by atoms with Gasteiger partial charge in [0.15, 0.2) is 0 Å². The third-order valence-electron chi connectivity index (χ3n) is 3.76. The topological polar surface area (TPSA) is 80.2 Å². The van der Waals surface area contributed by atoms with Crippen LogP contribution in [0, 0.1) is 6.92 Å². The van der Waals surface area contributed by atoms with Crippen LogP contribution in [0.15, 0.2) is 29.3 Å². The molecule has 1 N–H and O–H groups in total. The van der Waals surface area contributed by atoms with Gasteiger partial charge in [-0.2, -0.15) is 0 Å². The molecule has 2 aromatic heterocycles. The molecule has 0 radical (unpaired) electrons. The van der Waals surface area contributed by atoms with Crippen molar-refractivity contribution >= 4 is 5.91 Å². The number of pyridine rings is 1. The van der Waals surface area contributed by atoms with Crippen LogP contribution in [-0.2, 0) is 11.8 Å². The fourth-order valence-corrected chi connectivity index (χ4v) is 2.56. The van der Waals surface area contributed by atoms with Crippen molar-refractivity contribution < 1.29 is 9.53 Å². The molecular formula is C15H18N4O3. The van der Waals surface area contributed by atoms with E-state index >= 15 is 0 Å². The van der Waals surface area contributed by atoms with Gasteiger partial charge >= 0.3 is 0 Å². The minimum atomic E-state index is -0.243. The van der Waals surface area contributed by atoms with Gasteiger partial charge < -0.3 is 19.2 Å². The molecule has 3 heterocycles. The van der Waals surface area contributed by atoms with Crippen molar-refractivity contribution in [1.29, 1.82) is 0 Å². The standard InChI is InChI=1S/C15H18N4O3/c1-10-7-16-14(17-10)12-9-22-6-5-19(12)15(21)11-3-4-13(20)18(2)8-11/h3-4,7-8,12H,5-6,9H2,1-2H3,(H,16,17)/t12-/m1/s1. The molecular weight excluding hydrogens is 284 g/mol. The molecule has 116 valence electrons. The summed E-state index contributed by atoms with van der Waals surface area (Å²) in [6, 6.07) is 2.72. The zero-order chi connectivity index (χ0) is 15.7. The first-order chi connectivity index (χ1) is 10.6. The average molecular weight is 302 g/mol. The van der Waals surface area contributed by atoms with E-state index in [0.717, 1.165) is 11.5 Å². The van der Waals surface area contributed by atoms with Gasteiger partial charge in [-0.05, 0) is 13.0 Å². The average Bonchev–Trinajstić information content (AvgIpc) is 2.96. The molecule has 1 saturated heterocycles. The highest BCUT2D eigenvalue weighted by atomic mass is 16.5. The highest BCUT2D eigenvalue weighted by Crippen LogP contribution is 2.23. The quantitative estimate of drug-likeness (QED) is 0.882. The number of hydrogen-bond acceptors (Lipinski definition) is 4. The van der Waals surface area contributed by atoms with Gasteiger partial charge in [0.2, 0.25) is 5.56 Å². The van der Waals surface area contributed by atoms with Gasteiger partial charge in [0, 0.05) is 37.7 Å². The van der Waals surface area contributed by atoms with Gasteiger partial charge in [0.05, 0.1) is 18.8 Å². The third kappa shape index (κ3) is 2.67. The number of nitrogens with one attached hydrogen (secondary N) is 1. The number of H-pyrrole nitrogens is 1. The van der Waals surface area contributed by atoms with Crippen LogP contribution >= 0.6 is 0 Å². The molecule has 0 spiro atoms. The number of carbonyl (C=O) groups is 1. The predicted octanol–water partition coefficient (Wildman–Crippen LogP) is 0.631. The Bertz CT molecular complexity index is 749. The number of hydrogen-bond donors (Lipinski definition) is 1. The summed E-state index contributed by atoms with van der Waals surface area (Å²) in [4.78, 5) is 33.4. The smallest absolute Gasteiger partial charge is 0.256 e. The minimum Gasteiger partial charge on any atom is -0.377 e. The largest absolute Gasteiger partial charge is 0.377 e. The van der Waals surface area contributed by atoms with Crippen LogP contribution in [-0.4, -0.2) is 45.1 Å². The first-order valence-corrected chi connectivity index (χ1v) is 7.13. The lowest BCUT2D eigenvalue weighted by Gasteiger charge is -2.34. The Labute approximate surface area is 127 Å². The molecule has 1 amide bonds. The monoisotopic (exact) mass is 302 g/mol. The molecule has 0 bridgehead atoms. The van der Waals surface area contributed by atoms with Crippen LogP contribution in [0.4, 0.5) is 0 Å². The van der Waals surface area contributed by atoms with Gasteiger partial charge in [0.25, 0.3) is 5.91 Å². The number of nitrogens with zero attached hydrogens (tertiary/aromatic N) is 3. The van der Waals surface area contributed by atoms with Crippen LogP contribution in [0.2, 0.25) is 0 Å². The Morgan fingerprint density at radius 3 is 2.95 bits per heavy atom. The maximum atomic E-state index is 12.8. The predicted molar refractivity (Wildman–Crippen MR) is 79.6 cm³/mol. The van der Waals surface area contributed by atoms with Crippen molar-refractivity contribution in [3.8, 4) is 0 Å². The van der Waals surface area contributed by atoms with Crippen LogP contribution in [0.5, 0.6) is 0 Å². The Kier molecular flexibility index (Phi) is 3.81. The lowest BCUT2D eigenvalue weighted by atomic mass is 10.1. The maximum absolute atomic E-state index is 12.8. The number of carbonyl (C=O) groups excluding carboxylic acids is 1. The molecule has 1 atom stereocenters. The van der Waals surface area contributed by atoms with Crippen molar-refractivity contribution in [3.05, 3.63) is 52.0 Å². The number of aromatic amines is 1. The SMILES string of the molecule is Cc1cnc([C@H]2COCCN2C(=O)c2ccc(=O)n(C)c2)[nH]1. The lowest BCUT2D eigenvalue weighted by Crippen LogP contribution is -2.44. The Morgan fingerprint density at radius 2 is 2.27 bits per heavy atom. The number of morpholine rings is 1. The van der Waals surface area contributed by atoms with E-state index in [1.54, 1.807) is 30.4 Å². The highest BCUT2D eigenvalue weighted by Gasteiger charge is 2.31. The molecule has 2 aromatic rings. The second kappa shape index (κ2) is 5.76. The van der Waals surface area contributed by atoms with Gasteiger partial charge in [0.1, 0.15) is 11.9 Å². The summed E-state index contributed by atoms with van der Waals surface area (Å²) < 4.78 is 6.90. The zero-order valence-electron chi connectivity index (χ0n) is 12.6. The summed E-state index contributed by atoms with van der Waals surface area (Å²) in [5.41, 5.74) is 1.28. The number of ether oxygens (including phenoxy) is 1. The molecule has 1 aliphatic rings. The number of rotatable bonds is 2. The normalized spacial score (nSPS) is 18.5. The van der Waals surface area contributed by atoms with Gasteiger partial charge in [-0.3, -0.25) is 9.59 Å². The zero-order valence-corrected chi connectivity index (χ0v) is 12.6. The summed E-state index contributed by atoms with van der Waals surface area (Å²) >= 11 is 0. The molecule has 0 saturated carbocycles. The summed E-state index contributed by atoms with van der Waals surface area (Å²) in [6.07, 6.45) is 3.30. The molecule has 22 heavy (non-hydrogen) atoms. The first kappa shape index (κ1) is 14.5. The van der Waals surface area contributed by atoms with E-state index < -0.39 is 0 Å². The first-order valence-electron chi connectivity index (χ1n) is 7.13. The van der Waals surface area contributed by atoms with E-state index in [1.165, 1.54) is 10.6 Å². The molecule has 1 fully saturated rings. The molecule has 3 rings (SSSR count). The summed E-state index contributed by atoms with van der Waals surface area (Å²) in [6.45, 7) is 3.31. The van der Waals surface area contributed by atoms with Crippen LogP contribution in [0.3, 0.4) is 0 Å². The Morgan fingerprint density at radius 1 is 1.45 bits per heavy atom. The summed E-state index contributed by atoms with van der Waals surface area (Å²) in [5.74, 6) is 0.591. The van der Waals surface area contributed by atoms with Crippen molar-refractivity contribution in [2.24, 2.45) is 7.05 Å². The lowest BCUT2D eigenvalue weighted by molar-refractivity contribution is -0.00505. The third-order valence-corrected chi connectivity index (χ3v) is 3.76. The molecule has 7 heteroatoms. The van der Waals surface area contributed by atoms with Crippen LogP contribution < -0.4 is 5.56 Å². The Balaban J connectivity index is 1.91. The van der Waals surface area contributed by atoms with Crippen molar-refractivity contribution in [2.75, 3.05) is 19.8 Å². The van der Waals surface area contributed by atoms with Crippen molar-refractivity contribution in [1.82, 2.24) is 19.4 Å². The number of amides is 1. The minimum absolute atomic E-state index is 0.127. The van der Waals surface area contributed by atoms with E-state index in [-0.39, 0.29) is 17.5 Å². The van der Waals surface area contributed by atoms with Crippen molar-refractivity contribution in [2.45, 2.75) is 13.0 Å². The van der Waals surface area contributed by atoms with Gasteiger partial charge in [-0.1, -0.05) is 0 Å². The number of aryl methyl sites for hydroxylation is 2. The van der Waals surface area contributed by atoms with E-state index in [9.17, 15) is 9.59 Å². The molecule has 0 aromatic carbocycles. The summed E-state index contributed by atoms with van der Waals surface area (Å²) in [5, 5.41) is 0. The van der Waals surface area contributed by atoms with E-state index in [0.29, 0.717) is 25.3 Å². The van der Waals surface area contributed by atoms with E-state index in [2.05, 4.69) is 9.97 Å². The van der Waals surface area contributed by atoms with Gasteiger partial charge in [-0.25, -0.2) is 4.98 Å². The molecule has 7 nitrogen and oxygen atoms in total. The molecule has 0 aliphatic carbocycles. The van der Waals surface area contributed by atoms with E-state index in [1.807, 2.05) is 6.92 Å². The van der Waals surface area contributed by atoms with Crippen LogP contribution in [0.25, 0.3) is 0 Å². The van der Waals surface area contributed by atoms with E-state index in [4.69, 9.17) is 4.74 Å². The second-order valence-electron chi connectivity index (χ2n) is 5.41. The van der Waals surface area contributed by atoms with Crippen molar-refractivity contribution in [3.63, 3.8) is 0 Å². The molecule has 1 aliphatic heterocycles. The fourth-order valence-electron chi connectivity index (χ4n) is 2.56. The maximum Gasteiger partial charge on any atom is 0.256 e. The summed E-state index contributed by atoms with van der Waals surface area (Å²) in [7, 11) is 1.63. The van der Waals surface area contributed by atoms with Gasteiger partial charge in [-0.15, -0.1) is 0 Å². The Hall–Kier alpha value is -2.41.